The molecule has 1 atom stereocenters. The second-order valence-electron chi connectivity index (χ2n) is 2.09. The fourth-order valence-corrected chi connectivity index (χ4v) is 0.601. The van der Waals surface area contributed by atoms with Crippen molar-refractivity contribution in [3.05, 3.63) is 0 Å². The smallest absolute Gasteiger partial charge is 0.106 e. The summed E-state index contributed by atoms with van der Waals surface area (Å²) in [7, 11) is 0. The van der Waals surface area contributed by atoms with Crippen molar-refractivity contribution in [2.75, 3.05) is 0 Å². The predicted molar refractivity (Wildman–Crippen MR) is 37.6 cm³/mol. The van der Waals surface area contributed by atoms with Crippen molar-refractivity contribution in [1.29, 1.82) is 0 Å². The van der Waals surface area contributed by atoms with Crippen LogP contribution in [0.2, 0.25) is 0 Å². The minimum atomic E-state index is -0.620. The molecule has 0 heterocycles. The van der Waals surface area contributed by atoms with Crippen LogP contribution in [0.25, 0.3) is 0 Å². The molecule has 0 saturated heterocycles. The highest BCUT2D eigenvalue weighted by molar-refractivity contribution is 7.80. The Kier molecular flexibility index (Phi) is 2.94. The molecule has 0 fully saturated rings. The van der Waals surface area contributed by atoms with E-state index in [1.165, 1.54) is 0 Å². The van der Waals surface area contributed by atoms with Gasteiger partial charge in [0.1, 0.15) is 11.1 Å². The molecule has 0 aliphatic rings. The van der Waals surface area contributed by atoms with Gasteiger partial charge in [0.2, 0.25) is 0 Å². The van der Waals surface area contributed by atoms with Gasteiger partial charge in [-0.05, 0) is 5.92 Å². The standard InChI is InChI=1S/C5H11NOS/c1-3(2)4(7)5(6)8/h3-4,7H,1-2H3,(H2,6,8). The van der Waals surface area contributed by atoms with Gasteiger partial charge in [-0.15, -0.1) is 0 Å². The lowest BCUT2D eigenvalue weighted by Crippen LogP contribution is -2.30. The summed E-state index contributed by atoms with van der Waals surface area (Å²) in [5.41, 5.74) is 5.12. The van der Waals surface area contributed by atoms with Crippen LogP contribution in [0.4, 0.5) is 0 Å². The highest BCUT2D eigenvalue weighted by Crippen LogP contribution is 1.99. The Hall–Kier alpha value is -0.150. The fraction of sp³-hybridized carbons (Fsp3) is 0.800. The van der Waals surface area contributed by atoms with Crippen LogP contribution in [-0.4, -0.2) is 16.2 Å². The van der Waals surface area contributed by atoms with E-state index in [1.54, 1.807) is 0 Å². The molecule has 0 aromatic heterocycles. The van der Waals surface area contributed by atoms with Crippen molar-refractivity contribution < 1.29 is 5.11 Å². The average Bonchev–Trinajstić information content (AvgIpc) is 1.64. The number of thiocarbonyl (C=S) groups is 1. The van der Waals surface area contributed by atoms with Crippen LogP contribution in [0, 0.1) is 5.92 Å². The molecule has 0 aliphatic heterocycles. The summed E-state index contributed by atoms with van der Waals surface area (Å²) in [5, 5.41) is 8.94. The molecule has 2 nitrogen and oxygen atoms in total. The third kappa shape index (κ3) is 2.23. The summed E-state index contributed by atoms with van der Waals surface area (Å²) >= 11 is 4.52. The normalized spacial score (nSPS) is 14.0. The van der Waals surface area contributed by atoms with E-state index in [4.69, 9.17) is 10.8 Å². The van der Waals surface area contributed by atoms with Crippen molar-refractivity contribution in [3.8, 4) is 0 Å². The zero-order chi connectivity index (χ0) is 6.73. The number of nitrogens with two attached hydrogens (primary N) is 1. The molecule has 1 unspecified atom stereocenters. The summed E-state index contributed by atoms with van der Waals surface area (Å²) < 4.78 is 0. The fourth-order valence-electron chi connectivity index (χ4n) is 0.329. The summed E-state index contributed by atoms with van der Waals surface area (Å²) in [6.07, 6.45) is -0.620. The average molecular weight is 133 g/mol. The molecule has 0 radical (unpaired) electrons. The van der Waals surface area contributed by atoms with Crippen LogP contribution in [0.15, 0.2) is 0 Å². The van der Waals surface area contributed by atoms with Gasteiger partial charge in [0, 0.05) is 0 Å². The second-order valence-corrected chi connectivity index (χ2v) is 2.56. The Morgan fingerprint density at radius 3 is 2.00 bits per heavy atom. The first-order valence-electron chi connectivity index (χ1n) is 2.53. The van der Waals surface area contributed by atoms with E-state index in [1.807, 2.05) is 13.8 Å². The topological polar surface area (TPSA) is 46.2 Å². The third-order valence-electron chi connectivity index (χ3n) is 0.923. The van der Waals surface area contributed by atoms with Gasteiger partial charge < -0.3 is 10.8 Å². The minimum Gasteiger partial charge on any atom is -0.391 e. The van der Waals surface area contributed by atoms with Gasteiger partial charge in [0.05, 0.1) is 0 Å². The van der Waals surface area contributed by atoms with Crippen molar-refractivity contribution in [2.24, 2.45) is 11.7 Å². The van der Waals surface area contributed by atoms with Crippen LogP contribution < -0.4 is 5.73 Å². The molecule has 0 amide bonds. The van der Waals surface area contributed by atoms with E-state index < -0.39 is 6.10 Å². The van der Waals surface area contributed by atoms with Crippen LogP contribution in [0.5, 0.6) is 0 Å². The maximum atomic E-state index is 8.94. The van der Waals surface area contributed by atoms with Crippen molar-refractivity contribution in [1.82, 2.24) is 0 Å². The minimum absolute atomic E-state index is 0.132. The molecule has 3 N–H and O–H groups in total. The Bertz CT molecular complexity index is 92.4. The second kappa shape index (κ2) is 2.99. The van der Waals surface area contributed by atoms with E-state index in [0.717, 1.165) is 0 Å². The van der Waals surface area contributed by atoms with Gasteiger partial charge in [-0.25, -0.2) is 0 Å². The monoisotopic (exact) mass is 133 g/mol. The number of rotatable bonds is 2. The lowest BCUT2D eigenvalue weighted by atomic mass is 10.1. The molecule has 0 saturated carbocycles. The first kappa shape index (κ1) is 7.85. The highest BCUT2D eigenvalue weighted by Gasteiger charge is 2.10. The zero-order valence-corrected chi connectivity index (χ0v) is 5.90. The first-order chi connectivity index (χ1) is 3.55. The number of aliphatic hydroxyl groups excluding tert-OH is 1. The highest BCUT2D eigenvalue weighted by atomic mass is 32.1. The van der Waals surface area contributed by atoms with Gasteiger partial charge in [-0.2, -0.15) is 0 Å². The van der Waals surface area contributed by atoms with Crippen molar-refractivity contribution in [3.63, 3.8) is 0 Å². The number of hydrogen-bond donors (Lipinski definition) is 2. The van der Waals surface area contributed by atoms with E-state index in [0.29, 0.717) is 0 Å². The third-order valence-corrected chi connectivity index (χ3v) is 1.16. The molecule has 0 aromatic carbocycles. The maximum absolute atomic E-state index is 8.94. The van der Waals surface area contributed by atoms with Gasteiger partial charge in [0.15, 0.2) is 0 Å². The van der Waals surface area contributed by atoms with Crippen LogP contribution in [0.1, 0.15) is 13.8 Å². The molecule has 0 spiro atoms. The lowest BCUT2D eigenvalue weighted by Gasteiger charge is -2.10. The lowest BCUT2D eigenvalue weighted by molar-refractivity contribution is 0.191. The van der Waals surface area contributed by atoms with Crippen molar-refractivity contribution >= 4 is 17.2 Å². The number of aliphatic hydroxyl groups is 1. The van der Waals surface area contributed by atoms with Crippen molar-refractivity contribution in [2.45, 2.75) is 20.0 Å². The van der Waals surface area contributed by atoms with Crippen LogP contribution in [-0.2, 0) is 0 Å². The Morgan fingerprint density at radius 1 is 1.62 bits per heavy atom. The summed E-state index contributed by atoms with van der Waals surface area (Å²) in [4.78, 5) is 0.181. The Morgan fingerprint density at radius 2 is 2.00 bits per heavy atom. The molecule has 0 rings (SSSR count). The van der Waals surface area contributed by atoms with E-state index in [2.05, 4.69) is 12.2 Å². The van der Waals surface area contributed by atoms with Crippen LogP contribution >= 0.6 is 12.2 Å². The molecule has 0 aromatic rings. The van der Waals surface area contributed by atoms with Gasteiger partial charge in [-0.3, -0.25) is 0 Å². The number of hydrogen-bond acceptors (Lipinski definition) is 2. The van der Waals surface area contributed by atoms with Gasteiger partial charge in [0.25, 0.3) is 0 Å². The quantitative estimate of drug-likeness (QED) is 0.532. The Labute approximate surface area is 54.7 Å². The SMILES string of the molecule is CC(C)C(O)C(N)=S. The van der Waals surface area contributed by atoms with E-state index >= 15 is 0 Å². The molecule has 0 bridgehead atoms. The molecule has 3 heteroatoms. The van der Waals surface area contributed by atoms with Gasteiger partial charge in [-0.1, -0.05) is 26.1 Å². The van der Waals surface area contributed by atoms with Crippen LogP contribution in [0.3, 0.4) is 0 Å². The Balaban J connectivity index is 3.64. The van der Waals surface area contributed by atoms with E-state index in [-0.39, 0.29) is 10.9 Å². The largest absolute Gasteiger partial charge is 0.391 e. The molecular formula is C5H11NOS. The molecule has 48 valence electrons. The zero-order valence-electron chi connectivity index (χ0n) is 5.09. The molecular weight excluding hydrogens is 122 g/mol. The molecule has 8 heavy (non-hydrogen) atoms. The predicted octanol–water partition coefficient (Wildman–Crippen LogP) is 0.289. The van der Waals surface area contributed by atoms with E-state index in [9.17, 15) is 0 Å². The molecule has 0 aliphatic carbocycles. The maximum Gasteiger partial charge on any atom is 0.106 e. The van der Waals surface area contributed by atoms with Gasteiger partial charge >= 0.3 is 0 Å². The first-order valence-corrected chi connectivity index (χ1v) is 2.94. The summed E-state index contributed by atoms with van der Waals surface area (Å²) in [6, 6.07) is 0. The summed E-state index contributed by atoms with van der Waals surface area (Å²) in [5.74, 6) is 0.132. The summed E-state index contributed by atoms with van der Waals surface area (Å²) in [6.45, 7) is 3.73.